The Kier molecular flexibility index (Phi) is 4.96. The number of carboxylic acid groups (broad SMARTS) is 1. The average Bonchev–Trinajstić information content (AvgIpc) is 2.46. The van der Waals surface area contributed by atoms with Gasteiger partial charge in [0, 0.05) is 6.61 Å². The van der Waals surface area contributed by atoms with Gasteiger partial charge in [-0.1, -0.05) is 24.3 Å². The lowest BCUT2D eigenvalue weighted by Gasteiger charge is -2.10. The van der Waals surface area contributed by atoms with E-state index in [0.29, 0.717) is 12.4 Å². The quantitative estimate of drug-likeness (QED) is 0.761. The van der Waals surface area contributed by atoms with Crippen molar-refractivity contribution in [3.05, 3.63) is 42.0 Å². The zero-order chi connectivity index (χ0) is 14.4. The summed E-state index contributed by atoms with van der Waals surface area (Å²) >= 11 is 0. The van der Waals surface area contributed by atoms with Crippen molar-refractivity contribution in [1.82, 2.24) is 0 Å². The van der Waals surface area contributed by atoms with Crippen LogP contribution in [0.15, 0.2) is 36.4 Å². The molecule has 0 spiro atoms. The Bertz CT molecular complexity index is 592. The molecule has 0 radical (unpaired) electrons. The topological polar surface area (TPSA) is 66.8 Å². The third-order valence-electron chi connectivity index (χ3n) is 3.14. The number of ether oxygens (including phenoxy) is 1. The van der Waals surface area contributed by atoms with Gasteiger partial charge in [0.25, 0.3) is 0 Å². The summed E-state index contributed by atoms with van der Waals surface area (Å²) in [4.78, 5) is 11.3. The molecule has 0 bridgehead atoms. The Labute approximate surface area is 117 Å². The highest BCUT2D eigenvalue weighted by Crippen LogP contribution is 2.26. The number of aliphatic hydroxyl groups excluding tert-OH is 1. The number of carboxylic acids is 1. The summed E-state index contributed by atoms with van der Waals surface area (Å²) in [7, 11) is 0. The smallest absolute Gasteiger partial charge is 0.339 e. The van der Waals surface area contributed by atoms with Crippen molar-refractivity contribution in [2.24, 2.45) is 0 Å². The zero-order valence-corrected chi connectivity index (χ0v) is 11.2. The maximum absolute atomic E-state index is 11.3. The molecule has 0 fully saturated rings. The van der Waals surface area contributed by atoms with Gasteiger partial charge in [0.05, 0.1) is 6.61 Å². The van der Waals surface area contributed by atoms with Gasteiger partial charge in [-0.15, -0.1) is 0 Å². The van der Waals surface area contributed by atoms with E-state index in [-0.39, 0.29) is 12.2 Å². The van der Waals surface area contributed by atoms with Crippen LogP contribution < -0.4 is 4.74 Å². The minimum absolute atomic E-state index is 0.177. The van der Waals surface area contributed by atoms with Crippen LogP contribution in [0.3, 0.4) is 0 Å². The maximum atomic E-state index is 11.3. The average molecular weight is 274 g/mol. The summed E-state index contributed by atoms with van der Waals surface area (Å²) in [5.41, 5.74) is 0.186. The molecule has 2 N–H and O–H groups in total. The van der Waals surface area contributed by atoms with Gasteiger partial charge < -0.3 is 14.9 Å². The molecule has 2 aromatic rings. The molecule has 0 aliphatic heterocycles. The number of fused-ring (bicyclic) bond motifs is 1. The molecule has 0 unspecified atom stereocenters. The van der Waals surface area contributed by atoms with Crippen molar-refractivity contribution >= 4 is 16.7 Å². The highest BCUT2D eigenvalue weighted by atomic mass is 16.5. The molecular weight excluding hydrogens is 256 g/mol. The van der Waals surface area contributed by atoms with Gasteiger partial charge in [0.2, 0.25) is 0 Å². The number of unbranched alkanes of at least 4 members (excludes halogenated alkanes) is 2. The highest BCUT2D eigenvalue weighted by molar-refractivity contribution is 5.97. The van der Waals surface area contributed by atoms with Crippen LogP contribution in [0.4, 0.5) is 0 Å². The molecule has 0 aromatic heterocycles. The van der Waals surface area contributed by atoms with Crippen LogP contribution in [0.2, 0.25) is 0 Å². The lowest BCUT2D eigenvalue weighted by Crippen LogP contribution is -2.05. The number of carbonyl (C=O) groups is 1. The minimum atomic E-state index is -0.985. The highest BCUT2D eigenvalue weighted by Gasteiger charge is 2.12. The van der Waals surface area contributed by atoms with E-state index < -0.39 is 5.97 Å². The van der Waals surface area contributed by atoms with Crippen LogP contribution in [0, 0.1) is 0 Å². The fourth-order valence-corrected chi connectivity index (χ4v) is 2.08. The third kappa shape index (κ3) is 3.48. The number of hydrogen-bond donors (Lipinski definition) is 2. The van der Waals surface area contributed by atoms with Crippen LogP contribution in [-0.2, 0) is 0 Å². The monoisotopic (exact) mass is 274 g/mol. The number of rotatable bonds is 7. The van der Waals surface area contributed by atoms with Crippen molar-refractivity contribution in [2.45, 2.75) is 19.3 Å². The molecule has 0 aliphatic rings. The third-order valence-corrected chi connectivity index (χ3v) is 3.14. The van der Waals surface area contributed by atoms with Crippen molar-refractivity contribution in [1.29, 1.82) is 0 Å². The molecule has 2 aromatic carbocycles. The van der Waals surface area contributed by atoms with Crippen molar-refractivity contribution in [3.63, 3.8) is 0 Å². The molecule has 2 rings (SSSR count). The predicted octanol–water partition coefficient (Wildman–Crippen LogP) is 3.08. The Morgan fingerprint density at radius 3 is 2.40 bits per heavy atom. The van der Waals surface area contributed by atoms with E-state index in [1.165, 1.54) is 0 Å². The van der Waals surface area contributed by atoms with E-state index >= 15 is 0 Å². The second-order valence-electron chi connectivity index (χ2n) is 4.63. The molecule has 106 valence electrons. The Balaban J connectivity index is 2.17. The number of benzene rings is 2. The van der Waals surface area contributed by atoms with Gasteiger partial charge in [-0.05, 0) is 42.2 Å². The molecule has 0 aliphatic carbocycles. The summed E-state index contributed by atoms with van der Waals surface area (Å²) in [6, 6.07) is 11.0. The normalized spacial score (nSPS) is 10.7. The first-order valence-corrected chi connectivity index (χ1v) is 6.72. The minimum Gasteiger partial charge on any atom is -0.493 e. The van der Waals surface area contributed by atoms with Gasteiger partial charge in [0.1, 0.15) is 11.3 Å². The number of hydrogen-bond acceptors (Lipinski definition) is 3. The van der Waals surface area contributed by atoms with Gasteiger partial charge >= 0.3 is 5.97 Å². The molecule has 4 heteroatoms. The van der Waals surface area contributed by atoms with E-state index in [1.54, 1.807) is 12.1 Å². The van der Waals surface area contributed by atoms with Crippen molar-refractivity contribution in [3.8, 4) is 5.75 Å². The number of aliphatic hydroxyl groups is 1. The Hall–Kier alpha value is -2.07. The van der Waals surface area contributed by atoms with E-state index in [2.05, 4.69) is 0 Å². The molecule has 0 atom stereocenters. The summed E-state index contributed by atoms with van der Waals surface area (Å²) in [6.07, 6.45) is 2.41. The second kappa shape index (κ2) is 6.91. The molecule has 0 saturated heterocycles. The molecular formula is C16H18O4. The van der Waals surface area contributed by atoms with Gasteiger partial charge in [0.15, 0.2) is 0 Å². The van der Waals surface area contributed by atoms with Gasteiger partial charge in [-0.25, -0.2) is 4.79 Å². The fourth-order valence-electron chi connectivity index (χ4n) is 2.08. The Morgan fingerprint density at radius 2 is 1.75 bits per heavy atom. The van der Waals surface area contributed by atoms with Gasteiger partial charge in [-0.3, -0.25) is 0 Å². The number of aromatic carboxylic acids is 1. The van der Waals surface area contributed by atoms with E-state index in [9.17, 15) is 9.90 Å². The standard InChI is InChI=1S/C16H18O4/c17-8-4-1-5-9-20-15-11-13-7-3-2-6-12(13)10-14(15)16(18)19/h2-3,6-7,10-11,17H,1,4-5,8-9H2,(H,18,19). The van der Waals surface area contributed by atoms with Crippen molar-refractivity contribution < 1.29 is 19.7 Å². The lowest BCUT2D eigenvalue weighted by atomic mass is 10.1. The van der Waals surface area contributed by atoms with Crippen LogP contribution in [0.5, 0.6) is 5.75 Å². The summed E-state index contributed by atoms with van der Waals surface area (Å²) in [5.74, 6) is -0.582. The maximum Gasteiger partial charge on any atom is 0.339 e. The van der Waals surface area contributed by atoms with Crippen LogP contribution in [0.1, 0.15) is 29.6 Å². The van der Waals surface area contributed by atoms with Crippen molar-refractivity contribution in [2.75, 3.05) is 13.2 Å². The summed E-state index contributed by atoms with van der Waals surface area (Å²) < 4.78 is 5.59. The molecule has 0 amide bonds. The zero-order valence-electron chi connectivity index (χ0n) is 11.2. The van der Waals surface area contributed by atoms with Gasteiger partial charge in [-0.2, -0.15) is 0 Å². The first kappa shape index (κ1) is 14.3. The first-order chi connectivity index (χ1) is 9.72. The van der Waals surface area contributed by atoms with E-state index in [1.807, 2.05) is 24.3 Å². The molecule has 0 saturated carbocycles. The van der Waals surface area contributed by atoms with Crippen LogP contribution in [0.25, 0.3) is 10.8 Å². The first-order valence-electron chi connectivity index (χ1n) is 6.72. The van der Waals surface area contributed by atoms with Crippen LogP contribution in [-0.4, -0.2) is 29.4 Å². The lowest BCUT2D eigenvalue weighted by molar-refractivity contribution is 0.0692. The second-order valence-corrected chi connectivity index (χ2v) is 4.63. The molecule has 4 nitrogen and oxygen atoms in total. The summed E-state index contributed by atoms with van der Waals surface area (Å²) in [6.45, 7) is 0.634. The predicted molar refractivity (Wildman–Crippen MR) is 77.3 cm³/mol. The SMILES string of the molecule is O=C(O)c1cc2ccccc2cc1OCCCCCO. The van der Waals surface area contributed by atoms with E-state index in [4.69, 9.17) is 9.84 Å². The largest absolute Gasteiger partial charge is 0.493 e. The molecule has 0 heterocycles. The fraction of sp³-hybridized carbons (Fsp3) is 0.312. The summed E-state index contributed by atoms with van der Waals surface area (Å²) in [5, 5.41) is 19.8. The Morgan fingerprint density at radius 1 is 1.05 bits per heavy atom. The van der Waals surface area contributed by atoms with Crippen LogP contribution >= 0.6 is 0 Å². The van der Waals surface area contributed by atoms with E-state index in [0.717, 1.165) is 30.0 Å². The molecule has 20 heavy (non-hydrogen) atoms.